The van der Waals surface area contributed by atoms with Gasteiger partial charge in [-0.2, -0.15) is 0 Å². The van der Waals surface area contributed by atoms with Gasteiger partial charge in [-0.15, -0.1) is 0 Å². The average Bonchev–Trinajstić information content (AvgIpc) is 2.63. The van der Waals surface area contributed by atoms with Crippen LogP contribution in [-0.2, 0) is 0 Å². The molecule has 1 aromatic heterocycles. The summed E-state index contributed by atoms with van der Waals surface area (Å²) in [6, 6.07) is 10.3. The van der Waals surface area contributed by atoms with Crippen molar-refractivity contribution < 1.29 is 4.74 Å². The van der Waals surface area contributed by atoms with Crippen LogP contribution < -0.4 is 4.74 Å². The van der Waals surface area contributed by atoms with E-state index in [1.54, 1.807) is 6.33 Å². The number of likely N-dealkylation sites (tertiary alicyclic amines) is 1. The molecule has 1 aromatic carbocycles. The van der Waals surface area contributed by atoms with Crippen LogP contribution >= 0.6 is 0 Å². The lowest BCUT2D eigenvalue weighted by Crippen LogP contribution is -2.37. The zero-order chi connectivity index (χ0) is 15.5. The van der Waals surface area contributed by atoms with Gasteiger partial charge in [0.05, 0.1) is 0 Å². The van der Waals surface area contributed by atoms with E-state index in [1.807, 2.05) is 24.4 Å². The Morgan fingerprint density at radius 3 is 3.09 bits per heavy atom. The Morgan fingerprint density at radius 1 is 1.22 bits per heavy atom. The van der Waals surface area contributed by atoms with Gasteiger partial charge in [-0.3, -0.25) is 4.90 Å². The van der Waals surface area contributed by atoms with E-state index in [2.05, 4.69) is 33.1 Å². The smallest absolute Gasteiger partial charge is 0.127 e. The minimum absolute atomic E-state index is 0.518. The highest BCUT2D eigenvalue weighted by molar-refractivity contribution is 5.62. The molecule has 2 aliphatic rings. The van der Waals surface area contributed by atoms with E-state index >= 15 is 0 Å². The fraction of sp³-hybridized carbons (Fsp3) is 0.368. The summed E-state index contributed by atoms with van der Waals surface area (Å²) >= 11 is 0. The molecule has 0 radical (unpaired) electrons. The van der Waals surface area contributed by atoms with Crippen molar-refractivity contribution in [1.29, 1.82) is 0 Å². The van der Waals surface area contributed by atoms with Crippen LogP contribution in [0.1, 0.15) is 30.0 Å². The van der Waals surface area contributed by atoms with Gasteiger partial charge in [0, 0.05) is 36.5 Å². The highest BCUT2D eigenvalue weighted by atomic mass is 16.5. The highest BCUT2D eigenvalue weighted by Gasteiger charge is 2.23. The first-order valence-electron chi connectivity index (χ1n) is 8.28. The van der Waals surface area contributed by atoms with Crippen molar-refractivity contribution in [3.05, 3.63) is 59.7 Å². The zero-order valence-corrected chi connectivity index (χ0v) is 13.2. The second-order valence-electron chi connectivity index (χ2n) is 6.34. The van der Waals surface area contributed by atoms with Gasteiger partial charge in [-0.1, -0.05) is 18.2 Å². The molecule has 3 heterocycles. The normalized spacial score (nSPS) is 21.2. The number of hydrogen-bond acceptors (Lipinski definition) is 4. The number of aromatic nitrogens is 2. The topological polar surface area (TPSA) is 38.2 Å². The molecule has 1 atom stereocenters. The number of fused-ring (bicyclic) bond motifs is 1. The summed E-state index contributed by atoms with van der Waals surface area (Å²) in [7, 11) is 0. The first-order chi connectivity index (χ1) is 11.4. The minimum Gasteiger partial charge on any atom is -0.489 e. The van der Waals surface area contributed by atoms with Gasteiger partial charge in [0.25, 0.3) is 0 Å². The van der Waals surface area contributed by atoms with Crippen LogP contribution in [0.5, 0.6) is 5.75 Å². The molecule has 118 valence electrons. The van der Waals surface area contributed by atoms with Crippen molar-refractivity contribution in [2.45, 2.75) is 18.8 Å². The number of ether oxygens (including phenoxy) is 1. The number of nitrogens with zero attached hydrogens (tertiary/aromatic N) is 3. The molecule has 0 amide bonds. The Bertz CT molecular complexity index is 699. The van der Waals surface area contributed by atoms with Crippen LogP contribution in [0.25, 0.3) is 6.08 Å². The van der Waals surface area contributed by atoms with Crippen molar-refractivity contribution in [1.82, 2.24) is 14.9 Å². The first kappa shape index (κ1) is 14.4. The molecule has 1 fully saturated rings. The number of rotatable bonds is 3. The standard InChI is InChI=1S/C19H21N3O/c1-2-6-19-16(4-1)10-15(13-23-19)11-22-9-3-5-17(12-22)18-7-8-20-14-21-18/h1-2,4,6-8,10,14,17H,3,5,9,11-13H2/t17-/m0/s1. The first-order valence-corrected chi connectivity index (χ1v) is 8.28. The second kappa shape index (κ2) is 6.50. The largest absolute Gasteiger partial charge is 0.489 e. The summed E-state index contributed by atoms with van der Waals surface area (Å²) in [5.74, 6) is 1.51. The molecule has 2 aromatic rings. The molecule has 4 rings (SSSR count). The molecule has 23 heavy (non-hydrogen) atoms. The van der Waals surface area contributed by atoms with Crippen molar-refractivity contribution in [2.24, 2.45) is 0 Å². The van der Waals surface area contributed by atoms with Gasteiger partial charge in [0.1, 0.15) is 18.7 Å². The summed E-state index contributed by atoms with van der Waals surface area (Å²) in [6.07, 6.45) is 8.22. The van der Waals surface area contributed by atoms with Crippen LogP contribution in [0.2, 0.25) is 0 Å². The predicted molar refractivity (Wildman–Crippen MR) is 90.4 cm³/mol. The summed E-state index contributed by atoms with van der Waals surface area (Å²) in [6.45, 7) is 3.90. The maximum atomic E-state index is 5.87. The van der Waals surface area contributed by atoms with E-state index in [0.717, 1.165) is 25.4 Å². The molecule has 4 heteroatoms. The SMILES string of the molecule is C1=C(CN2CCC[C@H](c3ccncn3)C2)COc2ccccc21. The van der Waals surface area contributed by atoms with Gasteiger partial charge >= 0.3 is 0 Å². The summed E-state index contributed by atoms with van der Waals surface area (Å²) in [5.41, 5.74) is 3.72. The third kappa shape index (κ3) is 3.27. The van der Waals surface area contributed by atoms with Gasteiger partial charge in [-0.05, 0) is 43.2 Å². The number of hydrogen-bond donors (Lipinski definition) is 0. The summed E-state index contributed by atoms with van der Waals surface area (Å²) < 4.78 is 5.87. The molecule has 0 aliphatic carbocycles. The van der Waals surface area contributed by atoms with E-state index in [4.69, 9.17) is 4.74 Å². The maximum absolute atomic E-state index is 5.87. The van der Waals surface area contributed by atoms with Crippen LogP contribution in [-0.4, -0.2) is 41.1 Å². The van der Waals surface area contributed by atoms with E-state index in [-0.39, 0.29) is 0 Å². The van der Waals surface area contributed by atoms with Crippen molar-refractivity contribution in [3.8, 4) is 5.75 Å². The van der Waals surface area contributed by atoms with Gasteiger partial charge in [-0.25, -0.2) is 9.97 Å². The molecule has 4 nitrogen and oxygen atoms in total. The fourth-order valence-electron chi connectivity index (χ4n) is 3.52. The van der Waals surface area contributed by atoms with Crippen LogP contribution in [0.3, 0.4) is 0 Å². The average molecular weight is 307 g/mol. The van der Waals surface area contributed by atoms with Crippen LogP contribution in [0, 0.1) is 0 Å². The lowest BCUT2D eigenvalue weighted by Gasteiger charge is -2.33. The molecule has 1 saturated heterocycles. The Balaban J connectivity index is 1.44. The van der Waals surface area contributed by atoms with Crippen molar-refractivity contribution in [3.63, 3.8) is 0 Å². The quantitative estimate of drug-likeness (QED) is 0.873. The molecule has 2 aliphatic heterocycles. The van der Waals surface area contributed by atoms with Crippen molar-refractivity contribution >= 4 is 6.08 Å². The second-order valence-corrected chi connectivity index (χ2v) is 6.34. The lowest BCUT2D eigenvalue weighted by atomic mass is 9.94. The number of para-hydroxylation sites is 1. The number of benzene rings is 1. The van der Waals surface area contributed by atoms with Crippen LogP contribution in [0.4, 0.5) is 0 Å². The number of piperidine rings is 1. The van der Waals surface area contributed by atoms with E-state index < -0.39 is 0 Å². The molecular formula is C19H21N3O. The Morgan fingerprint density at radius 2 is 2.17 bits per heavy atom. The Labute approximate surface area is 136 Å². The fourth-order valence-corrected chi connectivity index (χ4v) is 3.52. The summed E-state index contributed by atoms with van der Waals surface area (Å²) in [4.78, 5) is 11.0. The predicted octanol–water partition coefficient (Wildman–Crippen LogP) is 3.13. The maximum Gasteiger partial charge on any atom is 0.127 e. The van der Waals surface area contributed by atoms with Gasteiger partial charge in [0.2, 0.25) is 0 Å². The molecule has 0 unspecified atom stereocenters. The third-order valence-corrected chi connectivity index (χ3v) is 4.65. The van der Waals surface area contributed by atoms with E-state index in [0.29, 0.717) is 12.5 Å². The highest BCUT2D eigenvalue weighted by Crippen LogP contribution is 2.28. The van der Waals surface area contributed by atoms with Gasteiger partial charge in [0.15, 0.2) is 0 Å². The molecular weight excluding hydrogens is 286 g/mol. The van der Waals surface area contributed by atoms with Gasteiger partial charge < -0.3 is 4.74 Å². The van der Waals surface area contributed by atoms with Crippen LogP contribution in [0.15, 0.2) is 48.4 Å². The lowest BCUT2D eigenvalue weighted by molar-refractivity contribution is 0.213. The molecule has 0 N–H and O–H groups in total. The van der Waals surface area contributed by atoms with E-state index in [1.165, 1.54) is 29.7 Å². The Hall–Kier alpha value is -2.20. The summed E-state index contributed by atoms with van der Waals surface area (Å²) in [5, 5.41) is 0. The Kier molecular flexibility index (Phi) is 4.07. The van der Waals surface area contributed by atoms with Crippen molar-refractivity contribution in [2.75, 3.05) is 26.2 Å². The molecule has 0 saturated carbocycles. The third-order valence-electron chi connectivity index (χ3n) is 4.65. The molecule has 0 spiro atoms. The van der Waals surface area contributed by atoms with E-state index in [9.17, 15) is 0 Å². The zero-order valence-electron chi connectivity index (χ0n) is 13.2. The minimum atomic E-state index is 0.518. The monoisotopic (exact) mass is 307 g/mol. The molecule has 0 bridgehead atoms.